The summed E-state index contributed by atoms with van der Waals surface area (Å²) in [6.45, 7) is 1.92. The minimum Gasteiger partial charge on any atom is -0.314 e. The summed E-state index contributed by atoms with van der Waals surface area (Å²) in [5, 5.41) is 0. The zero-order valence-corrected chi connectivity index (χ0v) is 12.9. The van der Waals surface area contributed by atoms with E-state index in [1.807, 2.05) is 55.5 Å². The summed E-state index contributed by atoms with van der Waals surface area (Å²) >= 11 is 0. The normalized spacial score (nSPS) is 18.1. The van der Waals surface area contributed by atoms with Gasteiger partial charge in [-0.1, -0.05) is 42.5 Å². The fourth-order valence-corrected chi connectivity index (χ4v) is 3.16. The van der Waals surface area contributed by atoms with Gasteiger partial charge in [-0.3, -0.25) is 9.59 Å². The molecule has 2 aromatic rings. The fraction of sp³-hybridized carbons (Fsp3) is 0.263. The van der Waals surface area contributed by atoms with Gasteiger partial charge in [0.1, 0.15) is 0 Å². The molecule has 0 saturated heterocycles. The molecule has 0 fully saturated rings. The summed E-state index contributed by atoms with van der Waals surface area (Å²) in [5.41, 5.74) is 3.44. The van der Waals surface area contributed by atoms with Crippen LogP contribution in [0.15, 0.2) is 48.5 Å². The first kappa shape index (κ1) is 14.5. The Morgan fingerprint density at radius 1 is 1.05 bits per heavy atom. The number of ketones is 1. The third-order valence-corrected chi connectivity index (χ3v) is 4.33. The molecule has 0 spiro atoms. The summed E-state index contributed by atoms with van der Waals surface area (Å²) in [7, 11) is 1.76. The average Bonchev–Trinajstić information content (AvgIpc) is 2.61. The molecule has 3 nitrogen and oxygen atoms in total. The number of rotatable bonds is 2. The zero-order chi connectivity index (χ0) is 15.7. The number of amides is 1. The number of aryl methyl sites for hydroxylation is 1. The molecule has 0 unspecified atom stereocenters. The van der Waals surface area contributed by atoms with E-state index < -0.39 is 0 Å². The Labute approximate surface area is 130 Å². The molecule has 112 valence electrons. The first-order chi connectivity index (χ1) is 10.6. The van der Waals surface area contributed by atoms with Crippen LogP contribution in [0.25, 0.3) is 0 Å². The van der Waals surface area contributed by atoms with E-state index in [1.54, 1.807) is 11.9 Å². The molecule has 3 heteroatoms. The quantitative estimate of drug-likeness (QED) is 0.851. The molecule has 0 N–H and O–H groups in total. The SMILES string of the molecule is Cc1cccc2c1C(=O)C[C@@H](Cc1ccccc1)C(=O)N2C. The molecule has 1 atom stereocenters. The van der Waals surface area contributed by atoms with Crippen molar-refractivity contribution in [3.8, 4) is 0 Å². The van der Waals surface area contributed by atoms with E-state index in [9.17, 15) is 9.59 Å². The van der Waals surface area contributed by atoms with Gasteiger partial charge < -0.3 is 4.90 Å². The number of benzene rings is 2. The van der Waals surface area contributed by atoms with Crippen LogP contribution < -0.4 is 4.90 Å². The number of fused-ring (bicyclic) bond motifs is 1. The number of nitrogens with zero attached hydrogens (tertiary/aromatic N) is 1. The van der Waals surface area contributed by atoms with Gasteiger partial charge in [0.25, 0.3) is 0 Å². The monoisotopic (exact) mass is 293 g/mol. The van der Waals surface area contributed by atoms with E-state index in [4.69, 9.17) is 0 Å². The maximum Gasteiger partial charge on any atom is 0.230 e. The lowest BCUT2D eigenvalue weighted by molar-refractivity contribution is -0.121. The van der Waals surface area contributed by atoms with Gasteiger partial charge in [0.15, 0.2) is 5.78 Å². The molecular formula is C19H19NO2. The van der Waals surface area contributed by atoms with Crippen LogP contribution in [-0.4, -0.2) is 18.7 Å². The van der Waals surface area contributed by atoms with E-state index in [-0.39, 0.29) is 24.0 Å². The smallest absolute Gasteiger partial charge is 0.230 e. The van der Waals surface area contributed by atoms with Gasteiger partial charge in [-0.2, -0.15) is 0 Å². The van der Waals surface area contributed by atoms with Crippen LogP contribution in [0.2, 0.25) is 0 Å². The Hall–Kier alpha value is -2.42. The molecule has 0 radical (unpaired) electrons. The predicted octanol–water partition coefficient (Wildman–Crippen LogP) is 3.40. The maximum atomic E-state index is 12.7. The van der Waals surface area contributed by atoms with E-state index in [0.717, 1.165) is 16.8 Å². The van der Waals surface area contributed by atoms with Crippen molar-refractivity contribution in [3.05, 3.63) is 65.2 Å². The molecule has 0 aromatic heterocycles. The summed E-state index contributed by atoms with van der Waals surface area (Å²) < 4.78 is 0. The van der Waals surface area contributed by atoms with Crippen LogP contribution in [0.4, 0.5) is 5.69 Å². The predicted molar refractivity (Wildman–Crippen MR) is 87.2 cm³/mol. The highest BCUT2D eigenvalue weighted by Crippen LogP contribution is 2.31. The molecule has 2 aromatic carbocycles. The second-order valence-electron chi connectivity index (χ2n) is 5.88. The molecule has 3 rings (SSSR count). The second-order valence-corrected chi connectivity index (χ2v) is 5.88. The lowest BCUT2D eigenvalue weighted by Gasteiger charge is -2.21. The van der Waals surface area contributed by atoms with Gasteiger partial charge in [-0.05, 0) is 30.5 Å². The standard InChI is InChI=1S/C19H19NO2/c1-13-7-6-10-16-18(13)17(21)12-15(19(22)20(16)2)11-14-8-4-3-5-9-14/h3-10,15H,11-12H2,1-2H3/t15-/m1/s1. The molecule has 1 aliphatic rings. The molecule has 1 heterocycles. The highest BCUT2D eigenvalue weighted by Gasteiger charge is 2.33. The molecule has 0 bridgehead atoms. The van der Waals surface area contributed by atoms with Crippen LogP contribution >= 0.6 is 0 Å². The lowest BCUT2D eigenvalue weighted by Crippen LogP contribution is -2.33. The van der Waals surface area contributed by atoms with Crippen molar-refractivity contribution in [1.29, 1.82) is 0 Å². The van der Waals surface area contributed by atoms with Crippen molar-refractivity contribution >= 4 is 17.4 Å². The Morgan fingerprint density at radius 3 is 2.50 bits per heavy atom. The van der Waals surface area contributed by atoms with Crippen LogP contribution in [-0.2, 0) is 11.2 Å². The number of carbonyl (C=O) groups excluding carboxylic acids is 2. The van der Waals surface area contributed by atoms with Gasteiger partial charge in [-0.15, -0.1) is 0 Å². The molecule has 1 amide bonds. The molecular weight excluding hydrogens is 274 g/mol. The summed E-state index contributed by atoms with van der Waals surface area (Å²) in [4.78, 5) is 27.0. The van der Waals surface area contributed by atoms with Gasteiger partial charge >= 0.3 is 0 Å². The third kappa shape index (κ3) is 2.54. The molecule has 22 heavy (non-hydrogen) atoms. The van der Waals surface area contributed by atoms with Crippen molar-refractivity contribution < 1.29 is 9.59 Å². The maximum absolute atomic E-state index is 12.7. The molecule has 1 aliphatic heterocycles. The van der Waals surface area contributed by atoms with Gasteiger partial charge in [0.05, 0.1) is 5.69 Å². The summed E-state index contributed by atoms with van der Waals surface area (Å²) in [6.07, 6.45) is 0.874. The Bertz CT molecular complexity index is 721. The number of Topliss-reactive ketones (excluding diaryl/α,β-unsaturated/α-hetero) is 1. The number of carbonyl (C=O) groups is 2. The minimum atomic E-state index is -0.299. The number of hydrogen-bond donors (Lipinski definition) is 0. The van der Waals surface area contributed by atoms with E-state index in [1.165, 1.54) is 0 Å². The molecule has 0 aliphatic carbocycles. The van der Waals surface area contributed by atoms with Crippen molar-refractivity contribution in [2.75, 3.05) is 11.9 Å². The highest BCUT2D eigenvalue weighted by atomic mass is 16.2. The van der Waals surface area contributed by atoms with Crippen LogP contribution in [0.3, 0.4) is 0 Å². The first-order valence-corrected chi connectivity index (χ1v) is 7.52. The number of hydrogen-bond acceptors (Lipinski definition) is 2. The second kappa shape index (κ2) is 5.76. The van der Waals surface area contributed by atoms with Gasteiger partial charge in [0.2, 0.25) is 5.91 Å². The van der Waals surface area contributed by atoms with Gasteiger partial charge in [0, 0.05) is 24.9 Å². The molecule has 0 saturated carbocycles. The van der Waals surface area contributed by atoms with Gasteiger partial charge in [-0.25, -0.2) is 0 Å². The Morgan fingerprint density at radius 2 is 1.77 bits per heavy atom. The lowest BCUT2D eigenvalue weighted by atomic mass is 9.92. The summed E-state index contributed by atoms with van der Waals surface area (Å²) in [6, 6.07) is 15.5. The zero-order valence-electron chi connectivity index (χ0n) is 12.9. The van der Waals surface area contributed by atoms with E-state index in [2.05, 4.69) is 0 Å². The average molecular weight is 293 g/mol. The van der Waals surface area contributed by atoms with Crippen molar-refractivity contribution in [2.45, 2.75) is 19.8 Å². The van der Waals surface area contributed by atoms with Crippen molar-refractivity contribution in [2.24, 2.45) is 5.92 Å². The topological polar surface area (TPSA) is 37.4 Å². The van der Waals surface area contributed by atoms with E-state index >= 15 is 0 Å². The minimum absolute atomic E-state index is 0.0153. The third-order valence-electron chi connectivity index (χ3n) is 4.33. The van der Waals surface area contributed by atoms with Crippen LogP contribution in [0, 0.1) is 12.8 Å². The first-order valence-electron chi connectivity index (χ1n) is 7.52. The fourth-order valence-electron chi connectivity index (χ4n) is 3.16. The van der Waals surface area contributed by atoms with Crippen LogP contribution in [0.1, 0.15) is 27.9 Å². The number of anilines is 1. The Balaban J connectivity index is 1.97. The van der Waals surface area contributed by atoms with Crippen LogP contribution in [0.5, 0.6) is 0 Å². The largest absolute Gasteiger partial charge is 0.314 e. The summed E-state index contributed by atoms with van der Waals surface area (Å²) in [5.74, 6) is -0.222. The van der Waals surface area contributed by atoms with Crippen molar-refractivity contribution in [3.63, 3.8) is 0 Å². The highest BCUT2D eigenvalue weighted by molar-refractivity contribution is 6.11. The van der Waals surface area contributed by atoms with E-state index in [0.29, 0.717) is 12.0 Å². The Kier molecular flexibility index (Phi) is 3.80. The van der Waals surface area contributed by atoms with Crippen molar-refractivity contribution in [1.82, 2.24) is 0 Å².